The molecule has 1 amide bonds. The highest BCUT2D eigenvalue weighted by Gasteiger charge is 2.46. The van der Waals surface area contributed by atoms with E-state index in [2.05, 4.69) is 25.9 Å². The molecule has 4 atom stereocenters. The summed E-state index contributed by atoms with van der Waals surface area (Å²) >= 11 is 0. The number of aromatic nitrogens is 2. The van der Waals surface area contributed by atoms with Crippen LogP contribution in [0.2, 0.25) is 0 Å². The first-order valence-electron chi connectivity index (χ1n) is 16.2. The van der Waals surface area contributed by atoms with Gasteiger partial charge in [-0.25, -0.2) is 32.3 Å². The predicted octanol–water partition coefficient (Wildman–Crippen LogP) is 8.92. The standard InChI is InChI=1S/C21H22F5N3O2.C13H16F5N3.BrH/c1-14-9-20(22,23)13-29(19(30)31-12-15-5-3-2-4-6-15)17(14)11-28-18-8-7-16(10-27-18)21(24,25)26;1-8-4-12(14,15)7-21-10(8)6-20-11-3-2-9(5-19-11)13(16,17)18;/h2-8,10,14,17H,9,11-13H2,1H3,(H,27,28);2-3,5,8,10,21H,4,6-7H2,1H3,(H,19,20);1H/t14-,17-;8-,10-;/m11./s1. The van der Waals surface area contributed by atoms with Crippen molar-refractivity contribution >= 4 is 34.7 Å². The number of anilines is 2. The largest absolute Gasteiger partial charge is 0.445 e. The molecule has 0 unspecified atom stereocenters. The van der Waals surface area contributed by atoms with Crippen molar-refractivity contribution in [2.45, 2.75) is 69.6 Å². The van der Waals surface area contributed by atoms with Crippen LogP contribution < -0.4 is 16.0 Å². The monoisotopic (exact) mass is 832 g/mol. The Bertz CT molecular complexity index is 1580. The van der Waals surface area contributed by atoms with Crippen LogP contribution in [0.15, 0.2) is 67.0 Å². The van der Waals surface area contributed by atoms with Crippen LogP contribution in [0.1, 0.15) is 43.4 Å². The zero-order valence-corrected chi connectivity index (χ0v) is 30.2. The number of hydrogen-bond donors (Lipinski definition) is 3. The maximum atomic E-state index is 14.1. The van der Waals surface area contributed by atoms with Gasteiger partial charge >= 0.3 is 18.4 Å². The van der Waals surface area contributed by atoms with Crippen LogP contribution in [0.25, 0.3) is 0 Å². The molecule has 2 saturated heterocycles. The molecule has 4 heterocycles. The second-order valence-electron chi connectivity index (χ2n) is 12.9. The van der Waals surface area contributed by atoms with Gasteiger partial charge in [0.25, 0.3) is 11.8 Å². The Balaban J connectivity index is 0.000000301. The molecule has 2 aliphatic rings. The van der Waals surface area contributed by atoms with Crippen LogP contribution in [0.4, 0.5) is 60.3 Å². The molecule has 3 aromatic rings. The fourth-order valence-electron chi connectivity index (χ4n) is 5.86. The van der Waals surface area contributed by atoms with Gasteiger partial charge in [0.2, 0.25) is 0 Å². The van der Waals surface area contributed by atoms with Gasteiger partial charge < -0.3 is 20.7 Å². The second-order valence-corrected chi connectivity index (χ2v) is 12.9. The number of carbonyl (C=O) groups is 1. The fourth-order valence-corrected chi connectivity index (χ4v) is 5.86. The highest BCUT2D eigenvalue weighted by Crippen LogP contribution is 2.35. The maximum Gasteiger partial charge on any atom is 0.417 e. The third-order valence-electron chi connectivity index (χ3n) is 8.63. The minimum atomic E-state index is -4.51. The third kappa shape index (κ3) is 13.2. The highest BCUT2D eigenvalue weighted by atomic mass is 79.9. The number of alkyl halides is 10. The van der Waals surface area contributed by atoms with Crippen molar-refractivity contribution in [1.29, 1.82) is 0 Å². The smallest absolute Gasteiger partial charge is 0.417 e. The number of nitrogens with one attached hydrogen (secondary N) is 3. The van der Waals surface area contributed by atoms with Crippen LogP contribution in [-0.2, 0) is 23.7 Å². The molecular weight excluding hydrogens is 794 g/mol. The number of ether oxygens (including phenoxy) is 1. The van der Waals surface area contributed by atoms with E-state index in [-0.39, 0.29) is 66.7 Å². The van der Waals surface area contributed by atoms with Gasteiger partial charge in [0, 0.05) is 44.4 Å². The normalized spacial score (nSPS) is 22.4. The number of likely N-dealkylation sites (tertiary alicyclic amines) is 1. The van der Waals surface area contributed by atoms with Gasteiger partial charge in [0.15, 0.2) is 0 Å². The van der Waals surface area contributed by atoms with Crippen molar-refractivity contribution in [3.05, 3.63) is 83.7 Å². The number of benzene rings is 1. The second kappa shape index (κ2) is 18.0. The number of carbonyl (C=O) groups excluding carboxylic acids is 1. The van der Waals surface area contributed by atoms with E-state index >= 15 is 0 Å². The molecule has 3 N–H and O–H groups in total. The summed E-state index contributed by atoms with van der Waals surface area (Å²) in [5.74, 6) is -6.15. The van der Waals surface area contributed by atoms with Crippen LogP contribution in [0.3, 0.4) is 0 Å². The van der Waals surface area contributed by atoms with E-state index in [4.69, 9.17) is 4.74 Å². The van der Waals surface area contributed by atoms with Crippen molar-refractivity contribution in [1.82, 2.24) is 20.2 Å². The molecule has 19 heteroatoms. The van der Waals surface area contributed by atoms with Gasteiger partial charge in [-0.1, -0.05) is 44.2 Å². The molecule has 53 heavy (non-hydrogen) atoms. The predicted molar refractivity (Wildman–Crippen MR) is 182 cm³/mol. The third-order valence-corrected chi connectivity index (χ3v) is 8.63. The van der Waals surface area contributed by atoms with Gasteiger partial charge in [-0.05, 0) is 41.7 Å². The topological polar surface area (TPSA) is 91.4 Å². The lowest BCUT2D eigenvalue weighted by Gasteiger charge is -2.42. The number of rotatable bonds is 8. The van der Waals surface area contributed by atoms with E-state index in [9.17, 15) is 48.7 Å². The Labute approximate surface area is 309 Å². The fraction of sp³-hybridized carbons (Fsp3) is 0.500. The molecule has 0 radical (unpaired) electrons. The lowest BCUT2D eigenvalue weighted by molar-refractivity contribution is -0.138. The van der Waals surface area contributed by atoms with Crippen LogP contribution >= 0.6 is 17.0 Å². The Morgan fingerprint density at radius 3 is 1.83 bits per heavy atom. The molecule has 5 rings (SSSR count). The van der Waals surface area contributed by atoms with Crippen molar-refractivity contribution < 1.29 is 53.4 Å². The zero-order chi connectivity index (χ0) is 38.3. The Morgan fingerprint density at radius 2 is 1.34 bits per heavy atom. The molecule has 2 aromatic heterocycles. The minimum absolute atomic E-state index is 0. The first-order valence-corrected chi connectivity index (χ1v) is 16.2. The van der Waals surface area contributed by atoms with Gasteiger partial charge in [0.1, 0.15) is 18.2 Å². The molecule has 0 aliphatic carbocycles. The molecule has 2 aliphatic heterocycles. The summed E-state index contributed by atoms with van der Waals surface area (Å²) < 4.78 is 135. The Kier molecular flexibility index (Phi) is 14.8. The molecular formula is C34H39BrF10N6O2. The van der Waals surface area contributed by atoms with Gasteiger partial charge in [-0.2, -0.15) is 26.3 Å². The first-order chi connectivity index (χ1) is 24.2. The maximum absolute atomic E-state index is 14.1. The van der Waals surface area contributed by atoms with E-state index in [0.29, 0.717) is 12.7 Å². The average Bonchev–Trinajstić information content (AvgIpc) is 3.06. The Hall–Kier alpha value is -3.87. The van der Waals surface area contributed by atoms with Crippen molar-refractivity contribution in [2.24, 2.45) is 11.8 Å². The van der Waals surface area contributed by atoms with E-state index in [1.165, 1.54) is 6.07 Å². The number of amides is 1. The minimum Gasteiger partial charge on any atom is -0.445 e. The van der Waals surface area contributed by atoms with Gasteiger partial charge in [-0.3, -0.25) is 4.90 Å². The van der Waals surface area contributed by atoms with E-state index in [0.717, 1.165) is 34.9 Å². The summed E-state index contributed by atoms with van der Waals surface area (Å²) in [5.41, 5.74) is -0.997. The average molecular weight is 834 g/mol. The summed E-state index contributed by atoms with van der Waals surface area (Å²) in [7, 11) is 0. The van der Waals surface area contributed by atoms with E-state index < -0.39 is 66.3 Å². The molecule has 8 nitrogen and oxygen atoms in total. The molecule has 0 spiro atoms. The number of piperidine rings is 2. The highest BCUT2D eigenvalue weighted by molar-refractivity contribution is 8.93. The molecule has 2 fully saturated rings. The van der Waals surface area contributed by atoms with Crippen molar-refractivity contribution in [2.75, 3.05) is 36.8 Å². The zero-order valence-electron chi connectivity index (χ0n) is 28.5. The number of hydrogen-bond acceptors (Lipinski definition) is 7. The van der Waals surface area contributed by atoms with Crippen molar-refractivity contribution in [3.8, 4) is 0 Å². The Morgan fingerprint density at radius 1 is 0.811 bits per heavy atom. The number of nitrogens with zero attached hydrogens (tertiary/aromatic N) is 3. The molecule has 1 aromatic carbocycles. The number of pyridine rings is 2. The summed E-state index contributed by atoms with van der Waals surface area (Å²) in [6.45, 7) is 2.44. The first kappa shape index (κ1) is 43.5. The van der Waals surface area contributed by atoms with Crippen LogP contribution in [-0.4, -0.2) is 71.1 Å². The molecule has 294 valence electrons. The quantitative estimate of drug-likeness (QED) is 0.196. The summed E-state index contributed by atoms with van der Waals surface area (Å²) in [6.07, 6.45) is -8.98. The van der Waals surface area contributed by atoms with Gasteiger partial charge in [-0.15, -0.1) is 17.0 Å². The lowest BCUT2D eigenvalue weighted by atomic mass is 9.88. The summed E-state index contributed by atoms with van der Waals surface area (Å²) in [4.78, 5) is 21.0. The lowest BCUT2D eigenvalue weighted by Crippen LogP contribution is -2.57. The SMILES string of the molecule is Br.C[C@@H]1CC(F)(F)CN(C(=O)OCc2ccccc2)[C@@H]1CNc1ccc(C(F)(F)F)cn1.C[C@@H]1CC(F)(F)CN[C@@H]1CNc1ccc(C(F)(F)F)cn1. The number of halogens is 11. The summed E-state index contributed by atoms with van der Waals surface area (Å²) in [6, 6.07) is 12.2. The molecule has 0 saturated carbocycles. The van der Waals surface area contributed by atoms with Crippen LogP contribution in [0.5, 0.6) is 0 Å². The van der Waals surface area contributed by atoms with Crippen molar-refractivity contribution in [3.63, 3.8) is 0 Å². The van der Waals surface area contributed by atoms with Gasteiger partial charge in [0.05, 0.1) is 30.3 Å². The van der Waals surface area contributed by atoms with E-state index in [1.807, 2.05) is 0 Å². The van der Waals surface area contributed by atoms with E-state index in [1.54, 1.807) is 44.2 Å². The van der Waals surface area contributed by atoms with Crippen LogP contribution in [0, 0.1) is 11.8 Å². The summed E-state index contributed by atoms with van der Waals surface area (Å²) in [5, 5.41) is 8.45. The molecule has 0 bridgehead atoms.